The van der Waals surface area contributed by atoms with Gasteiger partial charge >= 0.3 is 5.97 Å². The summed E-state index contributed by atoms with van der Waals surface area (Å²) in [6.07, 6.45) is 4.63. The molecule has 0 aliphatic carbocycles. The average Bonchev–Trinajstić information content (AvgIpc) is 3.77. The van der Waals surface area contributed by atoms with Crippen molar-refractivity contribution in [2.24, 2.45) is 17.8 Å². The number of fused-ring (bicyclic) bond motifs is 1. The van der Waals surface area contributed by atoms with Crippen molar-refractivity contribution in [2.45, 2.75) is 75.8 Å². The first-order valence-corrected chi connectivity index (χ1v) is 17.4. The highest BCUT2D eigenvalue weighted by Crippen LogP contribution is 2.59. The molecule has 3 fully saturated rings. The molecule has 2 bridgehead atoms. The summed E-state index contributed by atoms with van der Waals surface area (Å²) in [7, 11) is 1.56. The van der Waals surface area contributed by atoms with Crippen LogP contribution >= 0.6 is 0 Å². The molecule has 3 aliphatic rings. The molecule has 11 heteroatoms. The summed E-state index contributed by atoms with van der Waals surface area (Å²) in [6.45, 7) is 11.2. The highest BCUT2D eigenvalue weighted by molar-refractivity contribution is 6.05. The fourth-order valence-electron chi connectivity index (χ4n) is 7.89. The molecule has 3 aliphatic heterocycles. The van der Waals surface area contributed by atoms with Crippen LogP contribution in [0.2, 0.25) is 0 Å². The van der Waals surface area contributed by atoms with E-state index >= 15 is 0 Å². The zero-order chi connectivity index (χ0) is 36.0. The van der Waals surface area contributed by atoms with Crippen molar-refractivity contribution in [3.05, 3.63) is 85.5 Å². The number of esters is 1. The van der Waals surface area contributed by atoms with Crippen LogP contribution in [0.4, 0.5) is 5.69 Å². The maximum absolute atomic E-state index is 14.9. The van der Waals surface area contributed by atoms with E-state index in [1.54, 1.807) is 48.4 Å². The number of carbonyl (C=O) groups excluding carboxylic acids is 4. The number of allylic oxidation sites excluding steroid dienone is 1. The average molecular weight is 688 g/mol. The fraction of sp³-hybridized carbons (Fsp3) is 0.487. The van der Waals surface area contributed by atoms with E-state index in [9.17, 15) is 24.3 Å². The minimum absolute atomic E-state index is 0.0969. The quantitative estimate of drug-likeness (QED) is 0.185. The number of amides is 3. The predicted octanol–water partition coefficient (Wildman–Crippen LogP) is 4.36. The van der Waals surface area contributed by atoms with Crippen LogP contribution in [-0.2, 0) is 28.7 Å². The lowest BCUT2D eigenvalue weighted by Crippen LogP contribution is -2.59. The number of rotatable bonds is 17. The van der Waals surface area contributed by atoms with E-state index in [2.05, 4.69) is 18.5 Å². The number of anilines is 1. The first kappa shape index (κ1) is 36.8. The second-order valence-corrected chi connectivity index (χ2v) is 13.7. The molecule has 2 N–H and O–H groups in total. The Bertz CT molecular complexity index is 1550. The molecule has 0 unspecified atom stereocenters. The Hall–Kier alpha value is -4.48. The van der Waals surface area contributed by atoms with Crippen molar-refractivity contribution in [1.29, 1.82) is 0 Å². The highest BCUT2D eigenvalue weighted by Gasteiger charge is 2.75. The van der Waals surface area contributed by atoms with Crippen molar-refractivity contribution in [3.63, 3.8) is 0 Å². The second kappa shape index (κ2) is 16.0. The van der Waals surface area contributed by atoms with Gasteiger partial charge in [-0.2, -0.15) is 0 Å². The number of nitrogens with zero attached hydrogens (tertiary/aromatic N) is 2. The Kier molecular flexibility index (Phi) is 11.8. The van der Waals surface area contributed by atoms with E-state index in [0.717, 1.165) is 5.56 Å². The summed E-state index contributed by atoms with van der Waals surface area (Å²) in [5.41, 5.74) is 0.0410. The third-order valence-electron chi connectivity index (χ3n) is 10.1. The molecule has 50 heavy (non-hydrogen) atoms. The normalized spacial score (nSPS) is 24.7. The number of carbonyl (C=O) groups is 4. The van der Waals surface area contributed by atoms with E-state index in [1.807, 2.05) is 44.2 Å². The molecule has 3 heterocycles. The molecule has 1 spiro atoms. The smallest absolute Gasteiger partial charge is 0.306 e. The van der Waals surface area contributed by atoms with E-state index in [-0.39, 0.29) is 43.9 Å². The summed E-state index contributed by atoms with van der Waals surface area (Å²) in [5, 5.41) is 13.7. The number of methoxy groups -OCH3 is 1. The van der Waals surface area contributed by atoms with Gasteiger partial charge in [0.2, 0.25) is 11.8 Å². The van der Waals surface area contributed by atoms with Crippen LogP contribution in [0.3, 0.4) is 0 Å². The molecule has 11 nitrogen and oxygen atoms in total. The number of hydrogen-bond acceptors (Lipinski definition) is 8. The Balaban J connectivity index is 1.50. The zero-order valence-electron chi connectivity index (χ0n) is 29.2. The van der Waals surface area contributed by atoms with Crippen molar-refractivity contribution in [1.82, 2.24) is 10.2 Å². The monoisotopic (exact) mass is 687 g/mol. The van der Waals surface area contributed by atoms with Gasteiger partial charge in [0.05, 0.1) is 43.7 Å². The van der Waals surface area contributed by atoms with Gasteiger partial charge in [0.15, 0.2) is 0 Å². The molecular weight excluding hydrogens is 638 g/mol. The van der Waals surface area contributed by atoms with Gasteiger partial charge in [-0.15, -0.1) is 13.2 Å². The van der Waals surface area contributed by atoms with Crippen molar-refractivity contribution >= 4 is 29.4 Å². The number of aliphatic hydroxyl groups excluding tert-OH is 1. The Morgan fingerprint density at radius 1 is 1.12 bits per heavy atom. The molecular formula is C39H49N3O8. The van der Waals surface area contributed by atoms with Gasteiger partial charge in [-0.3, -0.25) is 19.2 Å². The molecule has 0 saturated carbocycles. The SMILES string of the molecule is C=CCCC(=O)OC[C@@H](NC(=O)[C@@H]1[C@@H]2CC[C@]3(O2)[C@H](C(=O)N(CC=C)c2ccc(OC)cc2)N([C@@H](CO)CC(C)C)C(=O)[C@@H]13)c1ccccc1. The van der Waals surface area contributed by atoms with Crippen LogP contribution in [0.25, 0.3) is 0 Å². The Morgan fingerprint density at radius 2 is 1.84 bits per heavy atom. The zero-order valence-corrected chi connectivity index (χ0v) is 29.2. The summed E-state index contributed by atoms with van der Waals surface area (Å²) >= 11 is 0. The van der Waals surface area contributed by atoms with Crippen LogP contribution in [0.1, 0.15) is 57.6 Å². The Morgan fingerprint density at radius 3 is 2.46 bits per heavy atom. The third-order valence-corrected chi connectivity index (χ3v) is 10.1. The largest absolute Gasteiger partial charge is 0.497 e. The third kappa shape index (κ3) is 7.20. The summed E-state index contributed by atoms with van der Waals surface area (Å²) in [6, 6.07) is 13.8. The first-order chi connectivity index (χ1) is 24.1. The molecule has 5 rings (SSSR count). The van der Waals surface area contributed by atoms with Gasteiger partial charge in [-0.05, 0) is 61.4 Å². The van der Waals surface area contributed by atoms with Gasteiger partial charge in [0.25, 0.3) is 5.91 Å². The van der Waals surface area contributed by atoms with E-state index in [1.165, 1.54) is 4.90 Å². The fourth-order valence-corrected chi connectivity index (χ4v) is 7.89. The summed E-state index contributed by atoms with van der Waals surface area (Å²) < 4.78 is 17.6. The van der Waals surface area contributed by atoms with Gasteiger partial charge in [0.1, 0.15) is 24.0 Å². The summed E-state index contributed by atoms with van der Waals surface area (Å²) in [5.74, 6) is -2.70. The van der Waals surface area contributed by atoms with Gasteiger partial charge in [-0.1, -0.05) is 56.3 Å². The van der Waals surface area contributed by atoms with Gasteiger partial charge < -0.3 is 34.4 Å². The number of nitrogens with one attached hydrogen (secondary N) is 1. The van der Waals surface area contributed by atoms with Gasteiger partial charge in [-0.25, -0.2) is 0 Å². The van der Waals surface area contributed by atoms with Crippen LogP contribution < -0.4 is 15.0 Å². The number of likely N-dealkylation sites (tertiary alicyclic amines) is 1. The molecule has 268 valence electrons. The van der Waals surface area contributed by atoms with E-state index in [4.69, 9.17) is 14.2 Å². The second-order valence-electron chi connectivity index (χ2n) is 13.7. The lowest BCUT2D eigenvalue weighted by Gasteiger charge is -2.39. The van der Waals surface area contributed by atoms with Crippen molar-refractivity contribution in [2.75, 3.05) is 31.8 Å². The minimum atomic E-state index is -1.28. The number of benzene rings is 2. The molecule has 0 radical (unpaired) electrons. The Labute approximate surface area is 294 Å². The maximum atomic E-state index is 14.9. The van der Waals surface area contributed by atoms with Crippen LogP contribution in [0.15, 0.2) is 79.9 Å². The first-order valence-electron chi connectivity index (χ1n) is 17.4. The standard InChI is InChI=1S/C39H49N3O8/c1-6-8-14-32(44)49-24-30(26-12-10-9-11-13-26)40-36(45)33-31-19-20-39(50-31)34(33)37(46)42(28(23-43)22-25(3)4)35(39)38(47)41(21-7-2)27-15-17-29(48-5)18-16-27/h6-7,9-13,15-18,25,28,30-31,33-35,43H,1-2,8,14,19-24H2,3-5H3,(H,40,45)/t28-,30-,31+,33-,34-,35+,39-/m1/s1. The maximum Gasteiger partial charge on any atom is 0.306 e. The molecule has 2 aromatic rings. The lowest BCUT2D eigenvalue weighted by atomic mass is 9.70. The minimum Gasteiger partial charge on any atom is -0.497 e. The summed E-state index contributed by atoms with van der Waals surface area (Å²) in [4.78, 5) is 59.4. The van der Waals surface area contributed by atoms with Crippen molar-refractivity contribution in [3.8, 4) is 5.75 Å². The van der Waals surface area contributed by atoms with Crippen LogP contribution in [-0.4, -0.2) is 84.4 Å². The molecule has 3 saturated heterocycles. The van der Waals surface area contributed by atoms with E-state index < -0.39 is 53.5 Å². The molecule has 0 aromatic heterocycles. The molecule has 2 aromatic carbocycles. The highest BCUT2D eigenvalue weighted by atomic mass is 16.5. The predicted molar refractivity (Wildman–Crippen MR) is 188 cm³/mol. The van der Waals surface area contributed by atoms with Crippen molar-refractivity contribution < 1.29 is 38.5 Å². The molecule has 3 amide bonds. The van der Waals surface area contributed by atoms with Crippen LogP contribution in [0.5, 0.6) is 5.75 Å². The number of hydrogen-bond donors (Lipinski definition) is 2. The van der Waals surface area contributed by atoms with Gasteiger partial charge in [0, 0.05) is 18.7 Å². The number of ether oxygens (including phenoxy) is 3. The van der Waals surface area contributed by atoms with E-state index in [0.29, 0.717) is 37.1 Å². The molecule has 7 atom stereocenters. The lowest BCUT2D eigenvalue weighted by molar-refractivity contribution is -0.146. The van der Waals surface area contributed by atoms with Crippen LogP contribution in [0, 0.1) is 17.8 Å². The topological polar surface area (TPSA) is 135 Å². The number of aliphatic hydroxyl groups is 1.